The first kappa shape index (κ1) is 13.1. The molecule has 2 aromatic rings. The van der Waals surface area contributed by atoms with Crippen LogP contribution >= 0.6 is 0 Å². The van der Waals surface area contributed by atoms with Crippen LogP contribution < -0.4 is 0 Å². The fraction of sp³-hybridized carbons (Fsp3) is 0.375. The predicted octanol–water partition coefficient (Wildman–Crippen LogP) is 2.08. The van der Waals surface area contributed by atoms with Crippen LogP contribution in [0.3, 0.4) is 0 Å². The van der Waals surface area contributed by atoms with Crippen molar-refractivity contribution in [3.63, 3.8) is 0 Å². The Morgan fingerprint density at radius 2 is 2.15 bits per heavy atom. The Bertz CT molecular complexity index is 639. The Morgan fingerprint density at radius 1 is 1.35 bits per heavy atom. The lowest BCUT2D eigenvalue weighted by Gasteiger charge is -2.17. The van der Waals surface area contributed by atoms with Crippen molar-refractivity contribution >= 4 is 16.8 Å². The molecular weight excluding hydrogens is 252 g/mol. The number of aliphatic hydroxyl groups excluding tert-OH is 1. The average molecular weight is 270 g/mol. The van der Waals surface area contributed by atoms with E-state index in [1.807, 2.05) is 30.3 Å². The molecule has 0 aliphatic carbocycles. The molecule has 20 heavy (non-hydrogen) atoms. The van der Waals surface area contributed by atoms with Gasteiger partial charge in [0.15, 0.2) is 0 Å². The van der Waals surface area contributed by atoms with Gasteiger partial charge < -0.3 is 10.0 Å². The zero-order valence-electron chi connectivity index (χ0n) is 11.5. The minimum atomic E-state index is -0.364. The van der Waals surface area contributed by atoms with Gasteiger partial charge in [-0.1, -0.05) is 24.3 Å². The first-order valence-electron chi connectivity index (χ1n) is 6.98. The van der Waals surface area contributed by atoms with E-state index in [-0.39, 0.29) is 17.9 Å². The van der Waals surface area contributed by atoms with Crippen molar-refractivity contribution in [3.8, 4) is 0 Å². The van der Waals surface area contributed by atoms with Crippen molar-refractivity contribution in [1.29, 1.82) is 0 Å². The summed E-state index contributed by atoms with van der Waals surface area (Å²) in [5, 5.41) is 10.6. The number of pyridine rings is 1. The first-order chi connectivity index (χ1) is 9.65. The molecule has 4 nitrogen and oxygen atoms in total. The summed E-state index contributed by atoms with van der Waals surface area (Å²) in [5.74, 6) is 0.137. The number of nitrogens with zero attached hydrogens (tertiary/aromatic N) is 2. The summed E-state index contributed by atoms with van der Waals surface area (Å²) in [4.78, 5) is 18.7. The molecule has 2 atom stereocenters. The van der Waals surface area contributed by atoms with E-state index in [4.69, 9.17) is 0 Å². The van der Waals surface area contributed by atoms with E-state index in [1.54, 1.807) is 17.9 Å². The van der Waals surface area contributed by atoms with Crippen LogP contribution in [0.1, 0.15) is 23.8 Å². The quantitative estimate of drug-likeness (QED) is 0.909. The number of fused-ring (bicyclic) bond motifs is 1. The van der Waals surface area contributed by atoms with Gasteiger partial charge in [-0.15, -0.1) is 0 Å². The van der Waals surface area contributed by atoms with Gasteiger partial charge in [-0.25, -0.2) is 4.98 Å². The van der Waals surface area contributed by atoms with Crippen LogP contribution in [-0.4, -0.2) is 40.1 Å². The topological polar surface area (TPSA) is 53.4 Å². The highest BCUT2D eigenvalue weighted by Gasteiger charge is 2.30. The number of aromatic nitrogens is 1. The normalized spacial score (nSPS) is 20.3. The van der Waals surface area contributed by atoms with Crippen LogP contribution in [0.4, 0.5) is 0 Å². The van der Waals surface area contributed by atoms with E-state index >= 15 is 0 Å². The Kier molecular flexibility index (Phi) is 3.40. The third kappa shape index (κ3) is 2.39. The van der Waals surface area contributed by atoms with Gasteiger partial charge in [0.05, 0.1) is 11.6 Å². The molecule has 1 aliphatic rings. The van der Waals surface area contributed by atoms with Gasteiger partial charge in [0.2, 0.25) is 0 Å². The summed E-state index contributed by atoms with van der Waals surface area (Å²) in [7, 11) is 0. The molecule has 0 bridgehead atoms. The van der Waals surface area contributed by atoms with Gasteiger partial charge in [0, 0.05) is 24.4 Å². The van der Waals surface area contributed by atoms with Crippen molar-refractivity contribution in [3.05, 3.63) is 42.1 Å². The smallest absolute Gasteiger partial charge is 0.272 e. The van der Waals surface area contributed by atoms with Crippen LogP contribution in [0.25, 0.3) is 10.9 Å². The maximum Gasteiger partial charge on any atom is 0.272 e. The number of aliphatic hydroxyl groups is 1. The minimum absolute atomic E-state index is 0.0427. The molecule has 1 aliphatic heterocycles. The highest BCUT2D eigenvalue weighted by atomic mass is 16.3. The molecule has 1 N–H and O–H groups in total. The lowest BCUT2D eigenvalue weighted by atomic mass is 10.0. The van der Waals surface area contributed by atoms with Crippen LogP contribution in [0, 0.1) is 5.92 Å². The summed E-state index contributed by atoms with van der Waals surface area (Å²) in [6, 6.07) is 11.5. The third-order valence-corrected chi connectivity index (χ3v) is 4.01. The maximum absolute atomic E-state index is 12.4. The molecule has 104 valence electrons. The second kappa shape index (κ2) is 5.21. The zero-order valence-corrected chi connectivity index (χ0v) is 11.5. The number of benzene rings is 1. The number of carbonyl (C=O) groups is 1. The van der Waals surface area contributed by atoms with E-state index < -0.39 is 0 Å². The number of carbonyl (C=O) groups excluding carboxylic acids is 1. The zero-order chi connectivity index (χ0) is 14.1. The van der Waals surface area contributed by atoms with E-state index in [0.29, 0.717) is 18.8 Å². The molecule has 4 heteroatoms. The summed E-state index contributed by atoms with van der Waals surface area (Å²) >= 11 is 0. The lowest BCUT2D eigenvalue weighted by molar-refractivity contribution is 0.0757. The molecule has 2 unspecified atom stereocenters. The second-order valence-corrected chi connectivity index (χ2v) is 5.43. The number of likely N-dealkylation sites (tertiary alicyclic amines) is 1. The molecular formula is C16H18N2O2. The van der Waals surface area contributed by atoms with E-state index in [0.717, 1.165) is 17.3 Å². The Labute approximate surface area is 118 Å². The minimum Gasteiger partial charge on any atom is -0.393 e. The number of hydrogen-bond donors (Lipinski definition) is 1. The van der Waals surface area contributed by atoms with Gasteiger partial charge in [0.25, 0.3) is 5.91 Å². The molecule has 1 aromatic heterocycles. The van der Waals surface area contributed by atoms with E-state index in [1.165, 1.54) is 0 Å². The summed E-state index contributed by atoms with van der Waals surface area (Å²) in [5.41, 5.74) is 1.32. The largest absolute Gasteiger partial charge is 0.393 e. The van der Waals surface area contributed by atoms with Crippen molar-refractivity contribution in [2.75, 3.05) is 13.1 Å². The SMILES string of the molecule is CC(O)C1CCN(C(=O)c2ccc3ccccc3n2)C1. The fourth-order valence-electron chi connectivity index (χ4n) is 2.71. The van der Waals surface area contributed by atoms with Crippen molar-refractivity contribution in [2.45, 2.75) is 19.4 Å². The fourth-order valence-corrected chi connectivity index (χ4v) is 2.71. The van der Waals surface area contributed by atoms with Gasteiger partial charge in [-0.3, -0.25) is 4.79 Å². The predicted molar refractivity (Wildman–Crippen MR) is 77.4 cm³/mol. The molecule has 1 saturated heterocycles. The number of hydrogen-bond acceptors (Lipinski definition) is 3. The molecule has 0 saturated carbocycles. The lowest BCUT2D eigenvalue weighted by Crippen LogP contribution is -2.31. The van der Waals surface area contributed by atoms with E-state index in [9.17, 15) is 9.90 Å². The van der Waals surface area contributed by atoms with Gasteiger partial charge >= 0.3 is 0 Å². The molecule has 0 spiro atoms. The van der Waals surface area contributed by atoms with Crippen LogP contribution in [0.2, 0.25) is 0 Å². The summed E-state index contributed by atoms with van der Waals surface area (Å²) < 4.78 is 0. The molecule has 2 heterocycles. The molecule has 0 radical (unpaired) electrons. The van der Waals surface area contributed by atoms with Crippen molar-refractivity contribution in [2.24, 2.45) is 5.92 Å². The molecule has 1 amide bonds. The highest BCUT2D eigenvalue weighted by molar-refractivity contribution is 5.95. The standard InChI is InChI=1S/C16H18N2O2/c1-11(19)13-8-9-18(10-13)16(20)15-7-6-12-4-2-3-5-14(12)17-15/h2-7,11,13,19H,8-10H2,1H3. The Morgan fingerprint density at radius 3 is 2.90 bits per heavy atom. The number of para-hydroxylation sites is 1. The second-order valence-electron chi connectivity index (χ2n) is 5.43. The number of amides is 1. The Balaban J connectivity index is 1.82. The van der Waals surface area contributed by atoms with Gasteiger partial charge in [-0.2, -0.15) is 0 Å². The summed E-state index contributed by atoms with van der Waals surface area (Å²) in [6.45, 7) is 3.10. The molecule has 1 fully saturated rings. The monoisotopic (exact) mass is 270 g/mol. The van der Waals surface area contributed by atoms with Crippen molar-refractivity contribution < 1.29 is 9.90 Å². The van der Waals surface area contributed by atoms with Gasteiger partial charge in [0.1, 0.15) is 5.69 Å². The molecule has 3 rings (SSSR count). The summed E-state index contributed by atoms with van der Waals surface area (Å²) in [6.07, 6.45) is 0.495. The number of rotatable bonds is 2. The van der Waals surface area contributed by atoms with Gasteiger partial charge in [-0.05, 0) is 25.5 Å². The van der Waals surface area contributed by atoms with Crippen LogP contribution in [-0.2, 0) is 0 Å². The first-order valence-corrected chi connectivity index (χ1v) is 6.98. The van der Waals surface area contributed by atoms with Crippen molar-refractivity contribution in [1.82, 2.24) is 9.88 Å². The third-order valence-electron chi connectivity index (χ3n) is 4.01. The highest BCUT2D eigenvalue weighted by Crippen LogP contribution is 2.21. The van der Waals surface area contributed by atoms with Crippen LogP contribution in [0.15, 0.2) is 36.4 Å². The maximum atomic E-state index is 12.4. The van der Waals surface area contributed by atoms with Crippen LogP contribution in [0.5, 0.6) is 0 Å². The molecule has 1 aromatic carbocycles. The average Bonchev–Trinajstić information content (AvgIpc) is 2.96. The van der Waals surface area contributed by atoms with E-state index in [2.05, 4.69) is 4.98 Å². The Hall–Kier alpha value is -1.94.